The molecule has 1 aliphatic carbocycles. The molecular formula is C27H20N2O4. The van der Waals surface area contributed by atoms with Crippen LogP contribution < -0.4 is 14.8 Å². The van der Waals surface area contributed by atoms with Crippen molar-refractivity contribution in [2.24, 2.45) is 0 Å². The molecule has 33 heavy (non-hydrogen) atoms. The molecule has 0 fully saturated rings. The number of hydrogen-bond acceptors (Lipinski definition) is 6. The van der Waals surface area contributed by atoms with Gasteiger partial charge in [0.2, 0.25) is 6.79 Å². The van der Waals surface area contributed by atoms with E-state index in [1.807, 2.05) is 42.5 Å². The molecule has 0 unspecified atom stereocenters. The fourth-order valence-electron chi connectivity index (χ4n) is 5.44. The van der Waals surface area contributed by atoms with Gasteiger partial charge in [0.25, 0.3) is 0 Å². The summed E-state index contributed by atoms with van der Waals surface area (Å²) in [5.41, 5.74) is 5.78. The minimum Gasteiger partial charge on any atom is -0.469 e. The normalized spacial score (nSPS) is 21.0. The number of ether oxygens (including phenoxy) is 2. The zero-order chi connectivity index (χ0) is 21.9. The van der Waals surface area contributed by atoms with E-state index in [0.29, 0.717) is 12.2 Å². The molecule has 4 aromatic rings. The van der Waals surface area contributed by atoms with E-state index in [1.54, 1.807) is 12.5 Å². The van der Waals surface area contributed by atoms with E-state index in [1.165, 1.54) is 0 Å². The number of anilines is 1. The van der Waals surface area contributed by atoms with Crippen molar-refractivity contribution in [2.75, 3.05) is 12.1 Å². The number of allylic oxidation sites excluding steroid dienone is 2. The van der Waals surface area contributed by atoms with Gasteiger partial charge in [-0.05, 0) is 60.0 Å². The maximum absolute atomic E-state index is 13.7. The molecule has 0 amide bonds. The van der Waals surface area contributed by atoms with Gasteiger partial charge in [0.05, 0.1) is 11.8 Å². The minimum absolute atomic E-state index is 0.0276. The highest BCUT2D eigenvalue weighted by Crippen LogP contribution is 2.51. The second-order valence-corrected chi connectivity index (χ2v) is 8.70. The summed E-state index contributed by atoms with van der Waals surface area (Å²) in [6, 6.07) is 17.9. The van der Waals surface area contributed by atoms with E-state index in [4.69, 9.17) is 13.9 Å². The van der Waals surface area contributed by atoms with E-state index in [2.05, 4.69) is 22.4 Å². The lowest BCUT2D eigenvalue weighted by Gasteiger charge is -2.36. The Morgan fingerprint density at radius 2 is 1.91 bits per heavy atom. The van der Waals surface area contributed by atoms with Crippen LogP contribution in [0.1, 0.15) is 41.6 Å². The third-order valence-corrected chi connectivity index (χ3v) is 6.87. The van der Waals surface area contributed by atoms with E-state index >= 15 is 0 Å². The van der Waals surface area contributed by atoms with Gasteiger partial charge in [-0.3, -0.25) is 9.78 Å². The number of ketones is 1. The molecular weight excluding hydrogens is 416 g/mol. The molecule has 0 saturated heterocycles. The number of hydrogen-bond donors (Lipinski definition) is 1. The molecule has 2 aromatic carbocycles. The Morgan fingerprint density at radius 1 is 0.970 bits per heavy atom. The minimum atomic E-state index is -0.219. The number of carbonyl (C=O) groups is 1. The quantitative estimate of drug-likeness (QED) is 0.446. The second kappa shape index (κ2) is 6.97. The van der Waals surface area contributed by atoms with Crippen LogP contribution in [-0.4, -0.2) is 17.6 Å². The van der Waals surface area contributed by atoms with Crippen molar-refractivity contribution in [2.45, 2.75) is 24.7 Å². The lowest BCUT2D eigenvalue weighted by Crippen LogP contribution is -2.29. The molecule has 2 aromatic heterocycles. The average Bonchev–Trinajstić information content (AvgIpc) is 3.54. The summed E-state index contributed by atoms with van der Waals surface area (Å²) in [4.78, 5) is 18.2. The molecule has 6 nitrogen and oxygen atoms in total. The van der Waals surface area contributed by atoms with Gasteiger partial charge < -0.3 is 19.2 Å². The Labute approximate surface area is 189 Å². The lowest BCUT2D eigenvalue weighted by atomic mass is 9.72. The lowest BCUT2D eigenvalue weighted by molar-refractivity contribution is -0.116. The zero-order valence-corrected chi connectivity index (χ0v) is 17.7. The van der Waals surface area contributed by atoms with Crippen LogP contribution in [0.15, 0.2) is 82.7 Å². The average molecular weight is 436 g/mol. The van der Waals surface area contributed by atoms with Crippen molar-refractivity contribution in [1.29, 1.82) is 0 Å². The second-order valence-electron chi connectivity index (χ2n) is 8.70. The highest BCUT2D eigenvalue weighted by atomic mass is 16.7. The summed E-state index contributed by atoms with van der Waals surface area (Å²) >= 11 is 0. The first-order valence-electron chi connectivity index (χ1n) is 11.1. The van der Waals surface area contributed by atoms with Crippen LogP contribution in [0.3, 0.4) is 0 Å². The molecule has 162 valence electrons. The number of aromatic nitrogens is 1. The summed E-state index contributed by atoms with van der Waals surface area (Å²) in [5, 5.41) is 4.64. The predicted octanol–water partition coefficient (Wildman–Crippen LogP) is 5.51. The number of pyridine rings is 1. The van der Waals surface area contributed by atoms with E-state index in [0.717, 1.165) is 56.9 Å². The van der Waals surface area contributed by atoms with Crippen LogP contribution in [0.4, 0.5) is 5.69 Å². The zero-order valence-electron chi connectivity index (χ0n) is 17.7. The Balaban J connectivity index is 1.45. The third kappa shape index (κ3) is 2.80. The number of furan rings is 1. The van der Waals surface area contributed by atoms with Crippen molar-refractivity contribution in [3.05, 3.63) is 95.2 Å². The summed E-state index contributed by atoms with van der Waals surface area (Å²) < 4.78 is 16.8. The molecule has 1 N–H and O–H groups in total. The van der Waals surface area contributed by atoms with E-state index < -0.39 is 0 Å². The largest absolute Gasteiger partial charge is 0.469 e. The highest BCUT2D eigenvalue weighted by molar-refractivity contribution is 6.04. The first-order chi connectivity index (χ1) is 16.3. The Bertz CT molecular complexity index is 1450. The van der Waals surface area contributed by atoms with Gasteiger partial charge in [-0.2, -0.15) is 0 Å². The molecule has 3 aliphatic rings. The first kappa shape index (κ1) is 18.5. The van der Waals surface area contributed by atoms with Gasteiger partial charge in [-0.25, -0.2) is 0 Å². The summed E-state index contributed by atoms with van der Waals surface area (Å²) in [7, 11) is 0. The van der Waals surface area contributed by atoms with Crippen molar-refractivity contribution in [3.63, 3.8) is 0 Å². The van der Waals surface area contributed by atoms with Crippen molar-refractivity contribution in [1.82, 2.24) is 4.98 Å². The summed E-state index contributed by atoms with van der Waals surface area (Å²) in [6.45, 7) is 0.214. The van der Waals surface area contributed by atoms with Gasteiger partial charge in [0.15, 0.2) is 17.3 Å². The SMILES string of the molecule is O=C1C[C@@H](c2ccco2)CC2=C1[C@H](c1ccc3c(c1)OCO3)c1c(ccc3ncccc13)N2. The molecule has 2 aliphatic heterocycles. The molecule has 4 heterocycles. The predicted molar refractivity (Wildman–Crippen MR) is 122 cm³/mol. The number of nitrogens with zero attached hydrogens (tertiary/aromatic N) is 1. The standard InChI is InChI=1S/C27H20N2O4/c30-21-12-16(22-4-2-10-31-22)11-20-27(21)25(15-5-8-23-24(13-15)33-14-32-23)26-17-3-1-9-28-18(17)6-7-19(26)29-20/h1-10,13,16,25,29H,11-12,14H2/t16-,25+/m0/s1. The molecule has 6 heteroatoms. The Morgan fingerprint density at radius 3 is 2.82 bits per heavy atom. The maximum atomic E-state index is 13.7. The summed E-state index contributed by atoms with van der Waals surface area (Å²) in [5.74, 6) is 2.24. The molecule has 7 rings (SSSR count). The van der Waals surface area contributed by atoms with Crippen molar-refractivity contribution >= 4 is 22.4 Å². The topological polar surface area (TPSA) is 73.6 Å². The number of rotatable bonds is 2. The van der Waals surface area contributed by atoms with Crippen molar-refractivity contribution < 1.29 is 18.7 Å². The number of Topliss-reactive ketones (excluding diaryl/α,β-unsaturated/α-hetero) is 1. The number of carbonyl (C=O) groups excluding carboxylic acids is 1. The van der Waals surface area contributed by atoms with Crippen LogP contribution in [0.2, 0.25) is 0 Å². The van der Waals surface area contributed by atoms with Crippen LogP contribution in [0.25, 0.3) is 10.9 Å². The fourth-order valence-corrected chi connectivity index (χ4v) is 5.44. The molecule has 0 radical (unpaired) electrons. The maximum Gasteiger partial charge on any atom is 0.231 e. The Kier molecular flexibility index (Phi) is 3.91. The highest BCUT2D eigenvalue weighted by Gasteiger charge is 2.40. The van der Waals surface area contributed by atoms with Gasteiger partial charge in [0, 0.05) is 46.8 Å². The van der Waals surface area contributed by atoms with Crippen LogP contribution in [0, 0.1) is 0 Å². The van der Waals surface area contributed by atoms with Crippen LogP contribution >= 0.6 is 0 Å². The fraction of sp³-hybridized carbons (Fsp3) is 0.185. The van der Waals surface area contributed by atoms with Crippen molar-refractivity contribution in [3.8, 4) is 11.5 Å². The number of fused-ring (bicyclic) bond motifs is 4. The third-order valence-electron chi connectivity index (χ3n) is 6.87. The molecule has 0 saturated carbocycles. The van der Waals surface area contributed by atoms with Crippen LogP contribution in [-0.2, 0) is 4.79 Å². The molecule has 2 atom stereocenters. The number of nitrogens with one attached hydrogen (secondary N) is 1. The van der Waals surface area contributed by atoms with Gasteiger partial charge >= 0.3 is 0 Å². The molecule has 0 spiro atoms. The van der Waals surface area contributed by atoms with E-state index in [-0.39, 0.29) is 24.4 Å². The first-order valence-corrected chi connectivity index (χ1v) is 11.1. The number of benzene rings is 2. The van der Waals surface area contributed by atoms with Gasteiger partial charge in [-0.15, -0.1) is 0 Å². The van der Waals surface area contributed by atoms with Gasteiger partial charge in [-0.1, -0.05) is 12.1 Å². The molecule has 0 bridgehead atoms. The monoisotopic (exact) mass is 436 g/mol. The smallest absolute Gasteiger partial charge is 0.231 e. The summed E-state index contributed by atoms with van der Waals surface area (Å²) in [6.07, 6.45) is 4.61. The van der Waals surface area contributed by atoms with E-state index in [9.17, 15) is 4.79 Å². The Hall–Kier alpha value is -4.06. The van der Waals surface area contributed by atoms with Crippen LogP contribution in [0.5, 0.6) is 11.5 Å². The van der Waals surface area contributed by atoms with Gasteiger partial charge in [0.1, 0.15) is 5.76 Å².